The van der Waals surface area contributed by atoms with Gasteiger partial charge in [-0.2, -0.15) is 0 Å². The Balaban J connectivity index is 2.63. The number of carboxylic acids is 1. The van der Waals surface area contributed by atoms with Crippen LogP contribution in [0.1, 0.15) is 6.92 Å². The summed E-state index contributed by atoms with van der Waals surface area (Å²) < 4.78 is 23.2. The van der Waals surface area contributed by atoms with Crippen LogP contribution in [0.15, 0.2) is 24.3 Å². The van der Waals surface area contributed by atoms with Crippen molar-refractivity contribution in [3.05, 3.63) is 30.1 Å². The first-order valence-electron chi connectivity index (χ1n) is 5.89. The first-order chi connectivity index (χ1) is 9.45. The van der Waals surface area contributed by atoms with Gasteiger partial charge in [0.2, 0.25) is 0 Å². The highest BCUT2D eigenvalue weighted by molar-refractivity contribution is 5.86. The number of amides is 1. The van der Waals surface area contributed by atoms with E-state index < -0.39 is 29.8 Å². The largest absolute Gasteiger partial charge is 0.480 e. The van der Waals surface area contributed by atoms with E-state index in [-0.39, 0.29) is 12.4 Å². The molecule has 2 atom stereocenters. The number of halogens is 1. The molecular formula is C13H16FNO5. The maximum atomic E-state index is 13.4. The second kappa shape index (κ2) is 7.44. The van der Waals surface area contributed by atoms with E-state index in [9.17, 15) is 14.0 Å². The SMILES string of the molecule is COCC(NC(=O)C(C)Oc1ccccc1F)C(=O)O. The highest BCUT2D eigenvalue weighted by atomic mass is 19.1. The van der Waals surface area contributed by atoms with Crippen LogP contribution in [-0.4, -0.2) is 42.8 Å². The Morgan fingerprint density at radius 2 is 2.05 bits per heavy atom. The average Bonchev–Trinajstić information content (AvgIpc) is 2.40. The number of ether oxygens (including phenoxy) is 2. The molecule has 2 unspecified atom stereocenters. The zero-order chi connectivity index (χ0) is 15.1. The number of nitrogens with one attached hydrogen (secondary N) is 1. The summed E-state index contributed by atoms with van der Waals surface area (Å²) in [6, 6.07) is 4.45. The average molecular weight is 285 g/mol. The van der Waals surface area contributed by atoms with Crippen LogP contribution in [0.2, 0.25) is 0 Å². The Kier molecular flexibility index (Phi) is 5.92. The minimum absolute atomic E-state index is 0.0752. The molecule has 0 aliphatic heterocycles. The normalized spacial score (nSPS) is 13.3. The number of carboxylic acid groups (broad SMARTS) is 1. The van der Waals surface area contributed by atoms with Gasteiger partial charge in [-0.25, -0.2) is 9.18 Å². The van der Waals surface area contributed by atoms with Crippen LogP contribution < -0.4 is 10.1 Å². The Bertz CT molecular complexity index is 480. The van der Waals surface area contributed by atoms with Gasteiger partial charge in [-0.15, -0.1) is 0 Å². The van der Waals surface area contributed by atoms with Gasteiger partial charge in [0.25, 0.3) is 5.91 Å². The third-order valence-corrected chi connectivity index (χ3v) is 2.46. The molecule has 1 aromatic carbocycles. The van der Waals surface area contributed by atoms with Gasteiger partial charge in [0.1, 0.15) is 0 Å². The van der Waals surface area contributed by atoms with Crippen LogP contribution in [0.25, 0.3) is 0 Å². The number of carbonyl (C=O) groups is 2. The summed E-state index contributed by atoms with van der Waals surface area (Å²) in [7, 11) is 1.32. The smallest absolute Gasteiger partial charge is 0.328 e. The Morgan fingerprint density at radius 3 is 2.60 bits per heavy atom. The van der Waals surface area contributed by atoms with Crippen LogP contribution in [0.4, 0.5) is 4.39 Å². The van der Waals surface area contributed by atoms with Crippen molar-refractivity contribution in [2.75, 3.05) is 13.7 Å². The van der Waals surface area contributed by atoms with Gasteiger partial charge in [-0.05, 0) is 19.1 Å². The number of aliphatic carboxylic acids is 1. The first kappa shape index (κ1) is 15.9. The molecule has 0 aliphatic carbocycles. The van der Waals surface area contributed by atoms with E-state index in [1.54, 1.807) is 6.07 Å². The van der Waals surface area contributed by atoms with Crippen LogP contribution in [-0.2, 0) is 14.3 Å². The first-order valence-corrected chi connectivity index (χ1v) is 5.89. The highest BCUT2D eigenvalue weighted by Crippen LogP contribution is 2.16. The van der Waals surface area contributed by atoms with Crippen molar-refractivity contribution in [3.8, 4) is 5.75 Å². The van der Waals surface area contributed by atoms with Crippen molar-refractivity contribution in [2.24, 2.45) is 0 Å². The van der Waals surface area contributed by atoms with Gasteiger partial charge in [0, 0.05) is 7.11 Å². The lowest BCUT2D eigenvalue weighted by molar-refractivity contribution is -0.144. The minimum atomic E-state index is -1.22. The fraction of sp³-hybridized carbons (Fsp3) is 0.385. The van der Waals surface area contributed by atoms with Gasteiger partial charge in [-0.1, -0.05) is 12.1 Å². The van der Waals surface area contributed by atoms with Gasteiger partial charge in [-0.3, -0.25) is 4.79 Å². The second-order valence-corrected chi connectivity index (χ2v) is 4.05. The second-order valence-electron chi connectivity index (χ2n) is 4.05. The highest BCUT2D eigenvalue weighted by Gasteiger charge is 2.24. The summed E-state index contributed by atoms with van der Waals surface area (Å²) in [5.74, 6) is -2.57. The molecule has 0 heterocycles. The Labute approximate surface area is 115 Å². The van der Waals surface area contributed by atoms with Gasteiger partial charge >= 0.3 is 5.97 Å². The summed E-state index contributed by atoms with van der Waals surface area (Å²) in [4.78, 5) is 22.6. The van der Waals surface area contributed by atoms with Crippen molar-refractivity contribution in [2.45, 2.75) is 19.1 Å². The van der Waals surface area contributed by atoms with Crippen LogP contribution in [0.3, 0.4) is 0 Å². The molecule has 0 saturated carbocycles. The molecule has 1 aromatic rings. The summed E-state index contributed by atoms with van der Waals surface area (Å²) in [6.07, 6.45) is -1.04. The fourth-order valence-electron chi connectivity index (χ4n) is 1.41. The molecule has 0 aromatic heterocycles. The molecule has 1 rings (SSSR count). The number of hydrogen-bond donors (Lipinski definition) is 2. The Morgan fingerprint density at radius 1 is 1.40 bits per heavy atom. The molecule has 0 saturated heterocycles. The van der Waals surface area contributed by atoms with Gasteiger partial charge in [0.15, 0.2) is 23.7 Å². The van der Waals surface area contributed by atoms with E-state index in [1.807, 2.05) is 0 Å². The number of methoxy groups -OCH3 is 1. The Hall–Kier alpha value is -2.15. The van der Waals surface area contributed by atoms with Crippen LogP contribution >= 0.6 is 0 Å². The zero-order valence-corrected chi connectivity index (χ0v) is 11.1. The lowest BCUT2D eigenvalue weighted by Gasteiger charge is -2.18. The molecule has 7 heteroatoms. The lowest BCUT2D eigenvalue weighted by Crippen LogP contribution is -2.48. The zero-order valence-electron chi connectivity index (χ0n) is 11.1. The van der Waals surface area contributed by atoms with Crippen LogP contribution in [0, 0.1) is 5.82 Å². The molecule has 20 heavy (non-hydrogen) atoms. The lowest BCUT2D eigenvalue weighted by atomic mass is 10.2. The number of rotatable bonds is 7. The number of carbonyl (C=O) groups excluding carboxylic acids is 1. The molecule has 0 radical (unpaired) electrons. The van der Waals surface area contributed by atoms with Crippen molar-refractivity contribution >= 4 is 11.9 Å². The summed E-state index contributed by atoms with van der Waals surface area (Å²) in [6.45, 7) is 1.22. The van der Waals surface area contributed by atoms with E-state index in [1.165, 1.54) is 32.2 Å². The van der Waals surface area contributed by atoms with Crippen LogP contribution in [0.5, 0.6) is 5.75 Å². The molecule has 0 fully saturated rings. The number of benzene rings is 1. The van der Waals surface area contributed by atoms with E-state index in [4.69, 9.17) is 9.84 Å². The third-order valence-electron chi connectivity index (χ3n) is 2.46. The van der Waals surface area contributed by atoms with E-state index in [2.05, 4.69) is 10.1 Å². The molecule has 0 spiro atoms. The summed E-state index contributed by atoms with van der Waals surface area (Å²) in [5.41, 5.74) is 0. The van der Waals surface area contributed by atoms with Crippen molar-refractivity contribution < 1.29 is 28.6 Å². The quantitative estimate of drug-likeness (QED) is 0.774. The van der Waals surface area contributed by atoms with Crippen molar-refractivity contribution in [1.29, 1.82) is 0 Å². The van der Waals surface area contributed by atoms with E-state index >= 15 is 0 Å². The van der Waals surface area contributed by atoms with E-state index in [0.717, 1.165) is 0 Å². The molecule has 6 nitrogen and oxygen atoms in total. The monoisotopic (exact) mass is 285 g/mol. The molecular weight excluding hydrogens is 269 g/mol. The van der Waals surface area contributed by atoms with Gasteiger partial charge in [0.05, 0.1) is 6.61 Å². The number of para-hydroxylation sites is 1. The number of hydrogen-bond acceptors (Lipinski definition) is 4. The maximum Gasteiger partial charge on any atom is 0.328 e. The predicted molar refractivity (Wildman–Crippen MR) is 67.9 cm³/mol. The van der Waals surface area contributed by atoms with E-state index in [0.29, 0.717) is 0 Å². The van der Waals surface area contributed by atoms with Gasteiger partial charge < -0.3 is 19.9 Å². The summed E-state index contributed by atoms with van der Waals surface area (Å²) >= 11 is 0. The molecule has 110 valence electrons. The molecule has 1 amide bonds. The topological polar surface area (TPSA) is 84.9 Å². The molecule has 2 N–H and O–H groups in total. The van der Waals surface area contributed by atoms with Crippen molar-refractivity contribution in [3.63, 3.8) is 0 Å². The fourth-order valence-corrected chi connectivity index (χ4v) is 1.41. The predicted octanol–water partition coefficient (Wildman–Crippen LogP) is 0.809. The summed E-state index contributed by atoms with van der Waals surface area (Å²) in [5, 5.41) is 11.1. The standard InChI is InChI=1S/C13H16FNO5/c1-8(20-11-6-4-3-5-9(11)14)12(16)15-10(7-19-2)13(17)18/h3-6,8,10H,7H2,1-2H3,(H,15,16)(H,17,18). The van der Waals surface area contributed by atoms with Crippen molar-refractivity contribution in [1.82, 2.24) is 5.32 Å². The molecule has 0 bridgehead atoms. The third kappa shape index (κ3) is 4.51. The minimum Gasteiger partial charge on any atom is -0.480 e. The molecule has 0 aliphatic rings. The maximum absolute atomic E-state index is 13.4.